The van der Waals surface area contributed by atoms with Gasteiger partial charge in [0.15, 0.2) is 0 Å². The van der Waals surface area contributed by atoms with Gasteiger partial charge in [0.2, 0.25) is 0 Å². The summed E-state index contributed by atoms with van der Waals surface area (Å²) in [5, 5.41) is 9.54. The van der Waals surface area contributed by atoms with Crippen LogP contribution in [-0.2, 0) is 0 Å². The largest absolute Gasteiger partial charge is 0.456 e. The highest BCUT2D eigenvalue weighted by atomic mass is 16.3. The Hall–Kier alpha value is -7.68. The topological polar surface area (TPSA) is 26.3 Å². The minimum absolute atomic E-state index is 0.873. The van der Waals surface area contributed by atoms with Crippen LogP contribution < -0.4 is 0 Å². The molecule has 12 aromatic rings. The third-order valence-electron chi connectivity index (χ3n) is 12.4. The van der Waals surface area contributed by atoms with Crippen LogP contribution in [0.15, 0.2) is 203 Å². The van der Waals surface area contributed by atoms with Crippen LogP contribution in [0.3, 0.4) is 0 Å². The van der Waals surface area contributed by atoms with Crippen molar-refractivity contribution < 1.29 is 8.83 Å². The van der Waals surface area contributed by atoms with Crippen molar-refractivity contribution >= 4 is 65.4 Å². The fourth-order valence-corrected chi connectivity index (χ4v) is 9.95. The maximum Gasteiger partial charge on any atom is 0.143 e. The van der Waals surface area contributed by atoms with Crippen molar-refractivity contribution in [3.63, 3.8) is 0 Å². The molecule has 268 valence electrons. The molecule has 0 atom stereocenters. The van der Waals surface area contributed by atoms with E-state index >= 15 is 0 Å². The number of para-hydroxylation sites is 2. The number of hydrogen-bond donors (Lipinski definition) is 0. The summed E-state index contributed by atoms with van der Waals surface area (Å²) >= 11 is 0. The predicted molar refractivity (Wildman–Crippen MR) is 242 cm³/mol. The van der Waals surface area contributed by atoms with Crippen LogP contribution in [0, 0.1) is 0 Å². The summed E-state index contributed by atoms with van der Waals surface area (Å²) in [6, 6.07) is 70.2. The molecule has 0 saturated carbocycles. The molecule has 0 N–H and O–H groups in total. The van der Waals surface area contributed by atoms with Crippen molar-refractivity contribution in [2.75, 3.05) is 0 Å². The number of furan rings is 2. The molecule has 0 fully saturated rings. The number of hydrogen-bond acceptors (Lipinski definition) is 2. The van der Waals surface area contributed by atoms with Gasteiger partial charge in [-0.25, -0.2) is 0 Å². The van der Waals surface area contributed by atoms with Gasteiger partial charge in [0, 0.05) is 27.1 Å². The van der Waals surface area contributed by atoms with Gasteiger partial charge in [-0.2, -0.15) is 0 Å². The first kappa shape index (κ1) is 31.5. The summed E-state index contributed by atoms with van der Waals surface area (Å²) in [6.07, 6.45) is 0. The molecule has 0 bridgehead atoms. The van der Waals surface area contributed by atoms with Gasteiger partial charge >= 0.3 is 0 Å². The zero-order valence-electron chi connectivity index (χ0n) is 31.3. The highest BCUT2D eigenvalue weighted by molar-refractivity contribution is 6.29. The number of benzene rings is 10. The third kappa shape index (κ3) is 4.37. The van der Waals surface area contributed by atoms with Crippen molar-refractivity contribution in [3.05, 3.63) is 194 Å². The van der Waals surface area contributed by atoms with Crippen LogP contribution in [0.5, 0.6) is 0 Å². The molecular formula is C56H32O2. The maximum atomic E-state index is 6.47. The zero-order chi connectivity index (χ0) is 37.9. The van der Waals surface area contributed by atoms with E-state index in [1.165, 1.54) is 71.6 Å². The fraction of sp³-hybridized carbons (Fsp3) is 0. The van der Waals surface area contributed by atoms with Crippen molar-refractivity contribution in [2.45, 2.75) is 0 Å². The monoisotopic (exact) mass is 736 g/mol. The molecule has 0 radical (unpaired) electrons. The lowest BCUT2D eigenvalue weighted by atomic mass is 9.82. The van der Waals surface area contributed by atoms with Crippen molar-refractivity contribution in [1.29, 1.82) is 0 Å². The van der Waals surface area contributed by atoms with Crippen molar-refractivity contribution in [2.24, 2.45) is 0 Å². The zero-order valence-corrected chi connectivity index (χ0v) is 31.3. The van der Waals surface area contributed by atoms with Crippen molar-refractivity contribution in [3.8, 4) is 66.8 Å². The Morgan fingerprint density at radius 3 is 1.38 bits per heavy atom. The molecular weight excluding hydrogens is 705 g/mol. The lowest BCUT2D eigenvalue weighted by Gasteiger charge is -2.20. The molecule has 0 aliphatic heterocycles. The summed E-state index contributed by atoms with van der Waals surface area (Å²) in [5.41, 5.74) is 18.3. The van der Waals surface area contributed by atoms with Crippen LogP contribution in [0.25, 0.3) is 132 Å². The molecule has 0 spiro atoms. The average molecular weight is 737 g/mol. The molecule has 1 aliphatic carbocycles. The van der Waals surface area contributed by atoms with Gasteiger partial charge in [-0.15, -0.1) is 0 Å². The molecule has 2 aromatic heterocycles. The second-order valence-electron chi connectivity index (χ2n) is 15.5. The minimum Gasteiger partial charge on any atom is -0.456 e. The number of fused-ring (bicyclic) bond motifs is 10. The summed E-state index contributed by atoms with van der Waals surface area (Å²) in [6.45, 7) is 0. The Kier molecular flexibility index (Phi) is 6.47. The highest BCUT2D eigenvalue weighted by Crippen LogP contribution is 2.58. The molecule has 0 amide bonds. The first-order valence-corrected chi connectivity index (χ1v) is 19.9. The normalized spacial score (nSPS) is 12.1. The van der Waals surface area contributed by atoms with E-state index in [0.29, 0.717) is 0 Å². The molecule has 2 heteroatoms. The molecule has 0 saturated heterocycles. The van der Waals surface area contributed by atoms with E-state index < -0.39 is 0 Å². The Bertz CT molecular complexity index is 3570. The smallest absolute Gasteiger partial charge is 0.143 e. The highest BCUT2D eigenvalue weighted by Gasteiger charge is 2.31. The SMILES string of the molecule is c1ccc(-c2c3c(c(-c4ccccc4)c4ccccc24)-c2ccc(-c4ccc5oc6ccc(-c7cccc8c7oc7ccccc78)cc6c5c4)c4cccc-3c24)cc1. The summed E-state index contributed by atoms with van der Waals surface area (Å²) < 4.78 is 12.9. The Labute approximate surface area is 333 Å². The lowest BCUT2D eigenvalue weighted by Crippen LogP contribution is -1.93. The van der Waals surface area contributed by atoms with Crippen LogP contribution in [0.2, 0.25) is 0 Å². The first-order valence-electron chi connectivity index (χ1n) is 19.9. The molecule has 1 aliphatic rings. The van der Waals surface area contributed by atoms with E-state index in [4.69, 9.17) is 8.83 Å². The van der Waals surface area contributed by atoms with Crippen LogP contribution in [0.4, 0.5) is 0 Å². The lowest BCUT2D eigenvalue weighted by molar-refractivity contribution is 0.668. The quantitative estimate of drug-likeness (QED) is 0.180. The van der Waals surface area contributed by atoms with E-state index in [-0.39, 0.29) is 0 Å². The summed E-state index contributed by atoms with van der Waals surface area (Å²) in [4.78, 5) is 0. The number of rotatable bonds is 4. The molecule has 2 heterocycles. The van der Waals surface area contributed by atoms with Gasteiger partial charge in [0.05, 0.1) is 0 Å². The molecule has 0 unspecified atom stereocenters. The minimum atomic E-state index is 0.873. The molecule has 13 rings (SSSR count). The van der Waals surface area contributed by atoms with E-state index in [1.54, 1.807) is 0 Å². The third-order valence-corrected chi connectivity index (χ3v) is 12.4. The predicted octanol–water partition coefficient (Wildman–Crippen LogP) is 16.1. The Balaban J connectivity index is 1.03. The van der Waals surface area contributed by atoms with Gasteiger partial charge in [-0.3, -0.25) is 0 Å². The molecule has 2 nitrogen and oxygen atoms in total. The van der Waals surface area contributed by atoms with Gasteiger partial charge < -0.3 is 8.83 Å². The van der Waals surface area contributed by atoms with Crippen LogP contribution >= 0.6 is 0 Å². The van der Waals surface area contributed by atoms with Gasteiger partial charge in [0.1, 0.15) is 22.3 Å². The maximum absolute atomic E-state index is 6.47. The standard InChI is InChI=1S/C56H32O2/c1-3-13-33(14-4-1)51-41-18-7-8-19-42(41)52(34-15-5-2-6-16-34)55-45-28-27-37(40-21-12-23-44(53(40)45)54(51)55)35-25-29-49-46(31-35)47-32-36(26-30-50(47)57-49)38-20-11-22-43-39-17-9-10-24-48(39)58-56(38)43/h1-32H. The van der Waals surface area contributed by atoms with Crippen molar-refractivity contribution in [1.82, 2.24) is 0 Å². The van der Waals surface area contributed by atoms with Crippen LogP contribution in [-0.4, -0.2) is 0 Å². The van der Waals surface area contributed by atoms with Gasteiger partial charge in [-0.1, -0.05) is 164 Å². The Morgan fingerprint density at radius 2 is 0.724 bits per heavy atom. The van der Waals surface area contributed by atoms with E-state index in [9.17, 15) is 0 Å². The van der Waals surface area contributed by atoms with E-state index in [1.807, 2.05) is 12.1 Å². The van der Waals surface area contributed by atoms with Gasteiger partial charge in [0.25, 0.3) is 0 Å². The second-order valence-corrected chi connectivity index (χ2v) is 15.5. The van der Waals surface area contributed by atoms with Crippen LogP contribution in [0.1, 0.15) is 0 Å². The second kappa shape index (κ2) is 11.9. The first-order chi connectivity index (χ1) is 28.8. The average Bonchev–Trinajstić information content (AvgIpc) is 3.96. The summed E-state index contributed by atoms with van der Waals surface area (Å²) in [5.74, 6) is 0. The fourth-order valence-electron chi connectivity index (χ4n) is 9.95. The Morgan fingerprint density at radius 1 is 0.241 bits per heavy atom. The van der Waals surface area contributed by atoms with E-state index in [2.05, 4.69) is 182 Å². The van der Waals surface area contributed by atoms with E-state index in [0.717, 1.165) is 60.6 Å². The molecule has 58 heavy (non-hydrogen) atoms. The summed E-state index contributed by atoms with van der Waals surface area (Å²) in [7, 11) is 0. The van der Waals surface area contributed by atoms with Gasteiger partial charge in [-0.05, 0) is 113 Å². The molecule has 10 aromatic carbocycles.